The molecule has 2 rings (SSSR count). The molecular formula is C16H23N3O2. The van der Waals surface area contributed by atoms with Crippen LogP contribution in [0.3, 0.4) is 0 Å². The van der Waals surface area contributed by atoms with Crippen LogP contribution in [0.2, 0.25) is 0 Å². The minimum atomic E-state index is -0.0678. The fourth-order valence-corrected chi connectivity index (χ4v) is 2.44. The number of likely N-dealkylation sites (N-methyl/N-ethyl adjacent to an activating group) is 1. The Morgan fingerprint density at radius 1 is 1.19 bits per heavy atom. The van der Waals surface area contributed by atoms with E-state index in [1.807, 2.05) is 25.1 Å². The number of benzene rings is 1. The van der Waals surface area contributed by atoms with E-state index in [-0.39, 0.29) is 18.4 Å². The van der Waals surface area contributed by atoms with Crippen LogP contribution >= 0.6 is 0 Å². The molecule has 0 aliphatic carbocycles. The van der Waals surface area contributed by atoms with E-state index >= 15 is 0 Å². The van der Waals surface area contributed by atoms with E-state index < -0.39 is 0 Å². The summed E-state index contributed by atoms with van der Waals surface area (Å²) in [5.74, 6) is -0.124. The molecule has 21 heavy (non-hydrogen) atoms. The second kappa shape index (κ2) is 6.72. The molecule has 0 fully saturated rings. The molecule has 0 atom stereocenters. The van der Waals surface area contributed by atoms with Gasteiger partial charge in [0.15, 0.2) is 0 Å². The van der Waals surface area contributed by atoms with Gasteiger partial charge in [0.25, 0.3) is 5.91 Å². The molecule has 0 spiro atoms. The predicted octanol–water partition coefficient (Wildman–Crippen LogP) is 1.23. The summed E-state index contributed by atoms with van der Waals surface area (Å²) >= 11 is 0. The number of amides is 2. The molecule has 1 N–H and O–H groups in total. The lowest BCUT2D eigenvalue weighted by Crippen LogP contribution is -2.40. The van der Waals surface area contributed by atoms with Crippen molar-refractivity contribution in [2.75, 3.05) is 27.2 Å². The van der Waals surface area contributed by atoms with E-state index in [0.29, 0.717) is 12.1 Å². The van der Waals surface area contributed by atoms with Crippen LogP contribution in [-0.4, -0.2) is 48.8 Å². The SMILES string of the molecule is CCCN(CC(=O)N(C)C)C(=O)c1ccc2c(c1)CNC2. The van der Waals surface area contributed by atoms with Gasteiger partial charge in [-0.2, -0.15) is 0 Å². The highest BCUT2D eigenvalue weighted by Gasteiger charge is 2.20. The Balaban J connectivity index is 2.16. The molecule has 2 amide bonds. The molecule has 1 aromatic rings. The fraction of sp³-hybridized carbons (Fsp3) is 0.500. The van der Waals surface area contributed by atoms with E-state index in [1.165, 1.54) is 16.0 Å². The first kappa shape index (κ1) is 15.5. The van der Waals surface area contributed by atoms with Gasteiger partial charge in [-0.1, -0.05) is 13.0 Å². The predicted molar refractivity (Wildman–Crippen MR) is 81.9 cm³/mol. The Kier molecular flexibility index (Phi) is 4.96. The highest BCUT2D eigenvalue weighted by atomic mass is 16.2. The van der Waals surface area contributed by atoms with Crippen molar-refractivity contribution in [3.8, 4) is 0 Å². The van der Waals surface area contributed by atoms with E-state index in [0.717, 1.165) is 19.5 Å². The lowest BCUT2D eigenvalue weighted by molar-refractivity contribution is -0.129. The average Bonchev–Trinajstić information content (AvgIpc) is 2.93. The van der Waals surface area contributed by atoms with Gasteiger partial charge in [-0.25, -0.2) is 0 Å². The first-order valence-corrected chi connectivity index (χ1v) is 7.35. The molecule has 1 aliphatic heterocycles. The first-order valence-electron chi connectivity index (χ1n) is 7.35. The molecule has 0 saturated carbocycles. The molecule has 0 saturated heterocycles. The molecule has 0 bridgehead atoms. The van der Waals surface area contributed by atoms with Crippen molar-refractivity contribution in [1.29, 1.82) is 0 Å². The maximum Gasteiger partial charge on any atom is 0.254 e. The zero-order valence-electron chi connectivity index (χ0n) is 13.0. The second-order valence-electron chi connectivity index (χ2n) is 5.60. The average molecular weight is 289 g/mol. The minimum absolute atomic E-state index is 0.0559. The molecule has 5 heteroatoms. The third-order valence-electron chi connectivity index (χ3n) is 3.69. The van der Waals surface area contributed by atoms with E-state index in [1.54, 1.807) is 19.0 Å². The van der Waals surface area contributed by atoms with Gasteiger partial charge in [0, 0.05) is 39.3 Å². The highest BCUT2D eigenvalue weighted by molar-refractivity contribution is 5.96. The van der Waals surface area contributed by atoms with Crippen LogP contribution in [0, 0.1) is 0 Å². The van der Waals surface area contributed by atoms with Crippen molar-refractivity contribution < 1.29 is 9.59 Å². The summed E-state index contributed by atoms with van der Waals surface area (Å²) in [6.45, 7) is 4.40. The number of rotatable bonds is 5. The first-order chi connectivity index (χ1) is 10.0. The topological polar surface area (TPSA) is 52.7 Å². The van der Waals surface area contributed by atoms with Crippen molar-refractivity contribution in [3.05, 3.63) is 34.9 Å². The van der Waals surface area contributed by atoms with Crippen LogP contribution in [0.1, 0.15) is 34.8 Å². The summed E-state index contributed by atoms with van der Waals surface area (Å²) in [6, 6.07) is 5.80. The van der Waals surface area contributed by atoms with E-state index in [9.17, 15) is 9.59 Å². The molecule has 1 aromatic carbocycles. The molecule has 5 nitrogen and oxygen atoms in total. The highest BCUT2D eigenvalue weighted by Crippen LogP contribution is 2.18. The zero-order chi connectivity index (χ0) is 15.4. The van der Waals surface area contributed by atoms with Crippen molar-refractivity contribution in [3.63, 3.8) is 0 Å². The van der Waals surface area contributed by atoms with Crippen LogP contribution in [0.4, 0.5) is 0 Å². The number of nitrogens with one attached hydrogen (secondary N) is 1. The van der Waals surface area contributed by atoms with Crippen LogP contribution in [0.15, 0.2) is 18.2 Å². The summed E-state index contributed by atoms with van der Waals surface area (Å²) in [6.07, 6.45) is 0.832. The van der Waals surface area contributed by atoms with Gasteiger partial charge in [0.1, 0.15) is 6.54 Å². The Morgan fingerprint density at radius 3 is 2.57 bits per heavy atom. The number of carbonyl (C=O) groups is 2. The normalized spacial score (nSPS) is 12.9. The maximum absolute atomic E-state index is 12.6. The summed E-state index contributed by atoms with van der Waals surface area (Å²) < 4.78 is 0. The van der Waals surface area contributed by atoms with Gasteiger partial charge in [-0.15, -0.1) is 0 Å². The van der Waals surface area contributed by atoms with Crippen LogP contribution in [0.5, 0.6) is 0 Å². The summed E-state index contributed by atoms with van der Waals surface area (Å²) in [7, 11) is 3.41. The standard InChI is InChI=1S/C16H23N3O2/c1-4-7-19(11-15(20)18(2)3)16(21)12-5-6-13-9-17-10-14(13)8-12/h5-6,8,17H,4,7,9-11H2,1-3H3. The van der Waals surface area contributed by atoms with Crippen LogP contribution in [0.25, 0.3) is 0 Å². The van der Waals surface area contributed by atoms with Crippen LogP contribution < -0.4 is 5.32 Å². The van der Waals surface area contributed by atoms with Crippen molar-refractivity contribution in [2.45, 2.75) is 26.4 Å². The fourth-order valence-electron chi connectivity index (χ4n) is 2.44. The number of hydrogen-bond donors (Lipinski definition) is 1. The molecular weight excluding hydrogens is 266 g/mol. The van der Waals surface area contributed by atoms with Gasteiger partial charge in [-0.3, -0.25) is 9.59 Å². The Labute approximate surface area is 125 Å². The third-order valence-corrected chi connectivity index (χ3v) is 3.69. The second-order valence-corrected chi connectivity index (χ2v) is 5.60. The summed E-state index contributed by atoms with van der Waals surface area (Å²) in [4.78, 5) is 27.6. The van der Waals surface area contributed by atoms with Crippen molar-refractivity contribution >= 4 is 11.8 Å². The van der Waals surface area contributed by atoms with Crippen molar-refractivity contribution in [2.24, 2.45) is 0 Å². The largest absolute Gasteiger partial charge is 0.347 e. The van der Waals surface area contributed by atoms with E-state index in [2.05, 4.69) is 5.32 Å². The Morgan fingerprint density at radius 2 is 1.90 bits per heavy atom. The van der Waals surface area contributed by atoms with Gasteiger partial charge in [0.05, 0.1) is 0 Å². The lowest BCUT2D eigenvalue weighted by atomic mass is 10.1. The zero-order valence-corrected chi connectivity index (χ0v) is 13.0. The quantitative estimate of drug-likeness (QED) is 0.887. The molecule has 0 unspecified atom stereocenters. The Hall–Kier alpha value is -1.88. The summed E-state index contributed by atoms with van der Waals surface area (Å²) in [5, 5.41) is 3.27. The summed E-state index contributed by atoms with van der Waals surface area (Å²) in [5.41, 5.74) is 3.09. The van der Waals surface area contributed by atoms with Gasteiger partial charge in [0.2, 0.25) is 5.91 Å². The molecule has 0 aromatic heterocycles. The van der Waals surface area contributed by atoms with Gasteiger partial charge in [-0.05, 0) is 29.7 Å². The van der Waals surface area contributed by atoms with E-state index in [4.69, 9.17) is 0 Å². The van der Waals surface area contributed by atoms with Crippen molar-refractivity contribution in [1.82, 2.24) is 15.1 Å². The maximum atomic E-state index is 12.6. The smallest absolute Gasteiger partial charge is 0.254 e. The molecule has 0 radical (unpaired) electrons. The number of carbonyl (C=O) groups excluding carboxylic acids is 2. The monoisotopic (exact) mass is 289 g/mol. The number of nitrogens with zero attached hydrogens (tertiary/aromatic N) is 2. The Bertz CT molecular complexity index is 540. The number of hydrogen-bond acceptors (Lipinski definition) is 3. The lowest BCUT2D eigenvalue weighted by Gasteiger charge is -2.23. The van der Waals surface area contributed by atoms with Crippen LogP contribution in [-0.2, 0) is 17.9 Å². The molecule has 1 heterocycles. The number of fused-ring (bicyclic) bond motifs is 1. The molecule has 1 aliphatic rings. The third kappa shape index (κ3) is 3.61. The van der Waals surface area contributed by atoms with Gasteiger partial charge >= 0.3 is 0 Å². The van der Waals surface area contributed by atoms with Gasteiger partial charge < -0.3 is 15.1 Å². The minimum Gasteiger partial charge on any atom is -0.347 e. The molecule has 114 valence electrons.